The van der Waals surface area contributed by atoms with Crippen LogP contribution in [-0.4, -0.2) is 19.1 Å². The molecular formula is C15H13ClN2O3. The fourth-order valence-electron chi connectivity index (χ4n) is 2.07. The molecule has 108 valence electrons. The number of amides is 1. The highest BCUT2D eigenvalue weighted by Crippen LogP contribution is 2.34. The molecule has 2 aromatic carbocycles. The van der Waals surface area contributed by atoms with E-state index in [4.69, 9.17) is 26.8 Å². The Bertz CT molecular complexity index is 703. The van der Waals surface area contributed by atoms with Crippen LogP contribution in [0.25, 0.3) is 0 Å². The van der Waals surface area contributed by atoms with Crippen molar-refractivity contribution in [3.63, 3.8) is 0 Å². The smallest absolute Gasteiger partial charge is 0.259 e. The largest absolute Gasteiger partial charge is 0.486 e. The zero-order valence-corrected chi connectivity index (χ0v) is 11.8. The molecule has 1 amide bonds. The van der Waals surface area contributed by atoms with Crippen molar-refractivity contribution in [2.75, 3.05) is 24.3 Å². The van der Waals surface area contributed by atoms with Crippen molar-refractivity contribution in [1.82, 2.24) is 0 Å². The summed E-state index contributed by atoms with van der Waals surface area (Å²) in [7, 11) is 0. The zero-order chi connectivity index (χ0) is 14.8. The van der Waals surface area contributed by atoms with Crippen LogP contribution in [0.3, 0.4) is 0 Å². The molecule has 2 aromatic rings. The van der Waals surface area contributed by atoms with Gasteiger partial charge in [-0.1, -0.05) is 17.7 Å². The Morgan fingerprint density at radius 2 is 2.00 bits per heavy atom. The SMILES string of the molecule is Nc1cc(NC(=O)c2cccc3c2OCCO3)ccc1Cl. The van der Waals surface area contributed by atoms with Gasteiger partial charge in [0.05, 0.1) is 16.3 Å². The first-order valence-electron chi connectivity index (χ1n) is 6.40. The van der Waals surface area contributed by atoms with E-state index in [2.05, 4.69) is 5.32 Å². The summed E-state index contributed by atoms with van der Waals surface area (Å²) < 4.78 is 11.0. The van der Waals surface area contributed by atoms with Crippen LogP contribution >= 0.6 is 11.6 Å². The third-order valence-corrected chi connectivity index (χ3v) is 3.41. The van der Waals surface area contributed by atoms with Gasteiger partial charge in [0.1, 0.15) is 13.2 Å². The number of carbonyl (C=O) groups is 1. The van der Waals surface area contributed by atoms with Gasteiger partial charge in [0.2, 0.25) is 0 Å². The Morgan fingerprint density at radius 3 is 2.81 bits per heavy atom. The lowest BCUT2D eigenvalue weighted by atomic mass is 10.1. The number of para-hydroxylation sites is 1. The highest BCUT2D eigenvalue weighted by molar-refractivity contribution is 6.33. The number of nitrogens with two attached hydrogens (primary N) is 1. The Labute approximate surface area is 126 Å². The van der Waals surface area contributed by atoms with E-state index in [1.165, 1.54) is 0 Å². The predicted molar refractivity (Wildman–Crippen MR) is 81.2 cm³/mol. The lowest BCUT2D eigenvalue weighted by Gasteiger charge is -2.20. The van der Waals surface area contributed by atoms with Crippen molar-refractivity contribution < 1.29 is 14.3 Å². The molecule has 0 aromatic heterocycles. The van der Waals surface area contributed by atoms with Crippen molar-refractivity contribution in [1.29, 1.82) is 0 Å². The number of fused-ring (bicyclic) bond motifs is 1. The molecule has 0 fully saturated rings. The van der Waals surface area contributed by atoms with Crippen LogP contribution in [-0.2, 0) is 0 Å². The molecule has 3 N–H and O–H groups in total. The normalized spacial score (nSPS) is 12.8. The number of halogens is 1. The first kappa shape index (κ1) is 13.6. The van der Waals surface area contributed by atoms with Crippen molar-refractivity contribution in [2.45, 2.75) is 0 Å². The lowest BCUT2D eigenvalue weighted by molar-refractivity contribution is 0.101. The monoisotopic (exact) mass is 304 g/mol. The van der Waals surface area contributed by atoms with Gasteiger partial charge in [-0.2, -0.15) is 0 Å². The third-order valence-electron chi connectivity index (χ3n) is 3.06. The molecule has 1 aliphatic rings. The Morgan fingerprint density at radius 1 is 1.19 bits per heavy atom. The molecule has 1 aliphatic heterocycles. The highest BCUT2D eigenvalue weighted by atomic mass is 35.5. The van der Waals surface area contributed by atoms with Crippen LogP contribution in [0, 0.1) is 0 Å². The molecule has 0 radical (unpaired) electrons. The number of ether oxygens (including phenoxy) is 2. The summed E-state index contributed by atoms with van der Waals surface area (Å²) in [5.41, 5.74) is 7.11. The van der Waals surface area contributed by atoms with Gasteiger partial charge in [-0.05, 0) is 30.3 Å². The second-order valence-corrected chi connectivity index (χ2v) is 4.93. The third kappa shape index (κ3) is 2.73. The van der Waals surface area contributed by atoms with E-state index in [9.17, 15) is 4.79 Å². The average Bonchev–Trinajstić information content (AvgIpc) is 2.50. The first-order valence-corrected chi connectivity index (χ1v) is 6.78. The lowest BCUT2D eigenvalue weighted by Crippen LogP contribution is -2.20. The number of hydrogen-bond acceptors (Lipinski definition) is 4. The number of hydrogen-bond donors (Lipinski definition) is 2. The summed E-state index contributed by atoms with van der Waals surface area (Å²) >= 11 is 5.85. The Hall–Kier alpha value is -2.40. The van der Waals surface area contributed by atoms with Crippen LogP contribution in [0.4, 0.5) is 11.4 Å². The van der Waals surface area contributed by atoms with Gasteiger partial charge in [-0.3, -0.25) is 4.79 Å². The standard InChI is InChI=1S/C15H13ClN2O3/c16-11-5-4-9(8-12(11)17)18-15(19)10-2-1-3-13-14(10)21-7-6-20-13/h1-5,8H,6-7,17H2,(H,18,19). The van der Waals surface area contributed by atoms with Crippen LogP contribution in [0.1, 0.15) is 10.4 Å². The van der Waals surface area contributed by atoms with Gasteiger partial charge in [-0.25, -0.2) is 0 Å². The molecule has 3 rings (SSSR count). The number of nitrogens with one attached hydrogen (secondary N) is 1. The maximum Gasteiger partial charge on any atom is 0.259 e. The van der Waals surface area contributed by atoms with E-state index >= 15 is 0 Å². The van der Waals surface area contributed by atoms with Crippen molar-refractivity contribution in [3.8, 4) is 11.5 Å². The summed E-state index contributed by atoms with van der Waals surface area (Å²) in [5.74, 6) is 0.742. The molecule has 5 nitrogen and oxygen atoms in total. The van der Waals surface area contributed by atoms with Crippen LogP contribution in [0.5, 0.6) is 11.5 Å². The minimum absolute atomic E-state index is 0.293. The molecule has 0 bridgehead atoms. The van der Waals surface area contributed by atoms with Gasteiger partial charge < -0.3 is 20.5 Å². The second kappa shape index (κ2) is 5.54. The Kier molecular flexibility index (Phi) is 3.58. The van der Waals surface area contributed by atoms with Gasteiger partial charge >= 0.3 is 0 Å². The van der Waals surface area contributed by atoms with E-state index in [0.717, 1.165) is 0 Å². The molecule has 0 aliphatic carbocycles. The van der Waals surface area contributed by atoms with E-state index < -0.39 is 0 Å². The topological polar surface area (TPSA) is 73.6 Å². The van der Waals surface area contributed by atoms with Gasteiger partial charge in [0.25, 0.3) is 5.91 Å². The van der Waals surface area contributed by atoms with Crippen LogP contribution < -0.4 is 20.5 Å². The molecular weight excluding hydrogens is 292 g/mol. The van der Waals surface area contributed by atoms with Crippen molar-refractivity contribution in [3.05, 3.63) is 47.0 Å². The molecule has 0 saturated carbocycles. The highest BCUT2D eigenvalue weighted by Gasteiger charge is 2.20. The summed E-state index contributed by atoms with van der Waals surface area (Å²) in [6, 6.07) is 10.1. The first-order chi connectivity index (χ1) is 10.1. The fourth-order valence-corrected chi connectivity index (χ4v) is 2.19. The zero-order valence-electron chi connectivity index (χ0n) is 11.1. The summed E-state index contributed by atoms with van der Waals surface area (Å²) in [4.78, 5) is 12.4. The molecule has 6 heteroatoms. The second-order valence-electron chi connectivity index (χ2n) is 4.52. The molecule has 0 spiro atoms. The molecule has 1 heterocycles. The predicted octanol–water partition coefficient (Wildman–Crippen LogP) is 2.95. The molecule has 0 saturated heterocycles. The van der Waals surface area contributed by atoms with E-state index in [-0.39, 0.29) is 5.91 Å². The fraction of sp³-hybridized carbons (Fsp3) is 0.133. The summed E-state index contributed by atoms with van der Waals surface area (Å²) in [6.07, 6.45) is 0. The van der Waals surface area contributed by atoms with E-state index in [1.54, 1.807) is 36.4 Å². The molecule has 0 atom stereocenters. The average molecular weight is 305 g/mol. The molecule has 21 heavy (non-hydrogen) atoms. The van der Waals surface area contributed by atoms with Gasteiger partial charge in [0, 0.05) is 5.69 Å². The maximum atomic E-state index is 12.4. The number of anilines is 2. The van der Waals surface area contributed by atoms with Crippen molar-refractivity contribution in [2.24, 2.45) is 0 Å². The maximum absolute atomic E-state index is 12.4. The minimum atomic E-state index is -0.293. The van der Waals surface area contributed by atoms with Gasteiger partial charge in [0.15, 0.2) is 11.5 Å². The summed E-state index contributed by atoms with van der Waals surface area (Å²) in [6.45, 7) is 0.900. The number of carbonyl (C=O) groups excluding carboxylic acids is 1. The number of nitrogen functional groups attached to an aromatic ring is 1. The van der Waals surface area contributed by atoms with E-state index in [1.807, 2.05) is 0 Å². The number of benzene rings is 2. The van der Waals surface area contributed by atoms with E-state index in [0.29, 0.717) is 46.7 Å². The Balaban J connectivity index is 1.87. The van der Waals surface area contributed by atoms with Crippen LogP contribution in [0.2, 0.25) is 5.02 Å². The quantitative estimate of drug-likeness (QED) is 0.837. The van der Waals surface area contributed by atoms with Gasteiger partial charge in [-0.15, -0.1) is 0 Å². The minimum Gasteiger partial charge on any atom is -0.486 e. The summed E-state index contributed by atoms with van der Waals surface area (Å²) in [5, 5.41) is 3.21. The molecule has 0 unspecified atom stereocenters. The van der Waals surface area contributed by atoms with Crippen LogP contribution in [0.15, 0.2) is 36.4 Å². The van der Waals surface area contributed by atoms with Crippen molar-refractivity contribution >= 4 is 28.9 Å². The number of rotatable bonds is 2.